The van der Waals surface area contributed by atoms with E-state index in [1.54, 1.807) is 0 Å². The predicted octanol–water partition coefficient (Wildman–Crippen LogP) is 6.74. The third kappa shape index (κ3) is 1.92. The molecule has 0 atom stereocenters. The van der Waals surface area contributed by atoms with Crippen LogP contribution in [0, 0.1) is 6.92 Å². The van der Waals surface area contributed by atoms with Gasteiger partial charge in [-0.2, -0.15) is 0 Å². The molecular formula is C26H20N2. The Labute approximate surface area is 182 Å². The molecule has 0 bridgehead atoms. The van der Waals surface area contributed by atoms with E-state index in [1.807, 2.05) is 0 Å². The van der Waals surface area contributed by atoms with Crippen LogP contribution in [-0.2, 0) is 7.05 Å². The first-order valence-electron chi connectivity index (χ1n) is 15.6. The molecule has 0 unspecified atom stereocenters. The summed E-state index contributed by atoms with van der Waals surface area (Å²) >= 11 is 0. The van der Waals surface area contributed by atoms with Crippen molar-refractivity contribution in [2.45, 2.75) is 6.92 Å². The van der Waals surface area contributed by atoms with E-state index in [-0.39, 0.29) is 66.9 Å². The van der Waals surface area contributed by atoms with Gasteiger partial charge in [-0.3, -0.25) is 0 Å². The van der Waals surface area contributed by atoms with E-state index < -0.39 is 72.5 Å². The first-order chi connectivity index (χ1) is 19.6. The molecule has 2 heteroatoms. The molecule has 0 aliphatic rings. The fourth-order valence-corrected chi connectivity index (χ4v) is 3.73. The highest BCUT2D eigenvalue weighted by Crippen LogP contribution is 2.37. The van der Waals surface area contributed by atoms with E-state index in [0.717, 1.165) is 0 Å². The lowest BCUT2D eigenvalue weighted by atomic mass is 10.1. The summed E-state index contributed by atoms with van der Waals surface area (Å²) in [7, 11) is 1.46. The summed E-state index contributed by atoms with van der Waals surface area (Å²) in [6.45, 7) is 1.44. The summed E-state index contributed by atoms with van der Waals surface area (Å²) in [6, 6.07) is -6.89. The van der Waals surface area contributed by atoms with Crippen LogP contribution in [0.3, 0.4) is 0 Å². The second-order valence-corrected chi connectivity index (χ2v) is 6.51. The Morgan fingerprint density at radius 3 is 2.11 bits per heavy atom. The number of para-hydroxylation sites is 3. The molecule has 2 aromatic heterocycles. The lowest BCUT2D eigenvalue weighted by Gasteiger charge is -2.11. The van der Waals surface area contributed by atoms with Crippen LogP contribution in [-0.4, -0.2) is 9.13 Å². The maximum atomic E-state index is 9.00. The zero-order valence-corrected chi connectivity index (χ0v) is 14.9. The summed E-state index contributed by atoms with van der Waals surface area (Å²) in [5.74, 6) is 0. The van der Waals surface area contributed by atoms with Gasteiger partial charge >= 0.3 is 0 Å². The van der Waals surface area contributed by atoms with Crippen molar-refractivity contribution in [1.29, 1.82) is 0 Å². The lowest BCUT2D eigenvalue weighted by molar-refractivity contribution is 1.00. The molecule has 4 aromatic carbocycles. The number of rotatable bonds is 1. The Hall–Kier alpha value is -3.52. The average Bonchev–Trinajstić information content (AvgIpc) is 3.47. The molecule has 28 heavy (non-hydrogen) atoms. The van der Waals surface area contributed by atoms with E-state index in [9.17, 15) is 0 Å². The Morgan fingerprint density at radius 2 is 1.29 bits per heavy atom. The fourth-order valence-electron chi connectivity index (χ4n) is 3.73. The maximum absolute atomic E-state index is 9.00. The minimum atomic E-state index is -0.625. The second kappa shape index (κ2) is 5.49. The highest BCUT2D eigenvalue weighted by molar-refractivity contribution is 6.14. The van der Waals surface area contributed by atoms with Crippen LogP contribution in [0.1, 0.15) is 24.8 Å². The van der Waals surface area contributed by atoms with E-state index in [0.29, 0.717) is 0 Å². The van der Waals surface area contributed by atoms with Crippen molar-refractivity contribution >= 4 is 43.6 Å². The molecule has 134 valence electrons. The number of fused-ring (bicyclic) bond motifs is 6. The zero-order chi connectivity index (χ0) is 31.0. The quantitative estimate of drug-likeness (QED) is 0.302. The highest BCUT2D eigenvalue weighted by atomic mass is 15.0. The lowest BCUT2D eigenvalue weighted by Crippen LogP contribution is -1.98. The Morgan fingerprint density at radius 1 is 0.643 bits per heavy atom. The molecule has 6 aromatic rings. The van der Waals surface area contributed by atoms with Gasteiger partial charge in [-0.05, 0) is 36.7 Å². The summed E-state index contributed by atoms with van der Waals surface area (Å²) in [4.78, 5) is 0. The van der Waals surface area contributed by atoms with Gasteiger partial charge in [-0.25, -0.2) is 0 Å². The van der Waals surface area contributed by atoms with Crippen LogP contribution in [0.15, 0.2) is 84.6 Å². The fraction of sp³-hybridized carbons (Fsp3) is 0.0769. The topological polar surface area (TPSA) is 9.86 Å². The Balaban J connectivity index is 2.07. The normalized spacial score (nSPS) is 18.9. The van der Waals surface area contributed by atoms with Gasteiger partial charge in [0.15, 0.2) is 0 Å². The number of nitrogens with zero attached hydrogens (tertiary/aromatic N) is 2. The van der Waals surface area contributed by atoms with Gasteiger partial charge in [0.05, 0.1) is 41.4 Å². The number of aromatic nitrogens is 2. The molecule has 0 N–H and O–H groups in total. The minimum Gasteiger partial charge on any atom is -0.342 e. The Kier molecular flexibility index (Phi) is 1.40. The maximum Gasteiger partial charge on any atom is 0.0733 e. The summed E-state index contributed by atoms with van der Waals surface area (Å²) in [5.41, 5.74) is -0.430. The van der Waals surface area contributed by atoms with Crippen LogP contribution in [0.4, 0.5) is 0 Å². The average molecular weight is 375 g/mol. The van der Waals surface area contributed by atoms with Gasteiger partial charge in [0.2, 0.25) is 0 Å². The molecular weight excluding hydrogens is 340 g/mol. The summed E-state index contributed by atoms with van der Waals surface area (Å²) in [6.07, 6.45) is 0. The molecule has 0 fully saturated rings. The van der Waals surface area contributed by atoms with Crippen molar-refractivity contribution in [3.05, 3.63) is 90.2 Å². The number of aryl methyl sites for hydroxylation is 1. The Bertz CT molecular complexity index is 2180. The SMILES string of the molecule is [2H]c1c([2H])c([2H])c2c(c1[2H])c1c([2H])c([2H])c([2H])c(-n3c4c([2H])c([2H])c([2H])c([2H])c4c4c([2H])c([2H])c(C)c([2H])c43)c1n2C. The number of benzene rings is 4. The van der Waals surface area contributed by atoms with Gasteiger partial charge in [0.1, 0.15) is 0 Å². The third-order valence-electron chi connectivity index (χ3n) is 4.92. The van der Waals surface area contributed by atoms with Crippen LogP contribution >= 0.6 is 0 Å². The predicted molar refractivity (Wildman–Crippen MR) is 120 cm³/mol. The molecule has 6 rings (SSSR count). The molecule has 0 saturated heterocycles. The molecule has 0 radical (unpaired) electrons. The van der Waals surface area contributed by atoms with Gasteiger partial charge in [0, 0.05) is 34.1 Å². The number of hydrogen-bond donors (Lipinski definition) is 0. The van der Waals surface area contributed by atoms with Crippen molar-refractivity contribution in [3.63, 3.8) is 0 Å². The van der Waals surface area contributed by atoms with Crippen LogP contribution < -0.4 is 0 Å². The van der Waals surface area contributed by atoms with Crippen molar-refractivity contribution < 1.29 is 19.2 Å². The summed E-state index contributed by atoms with van der Waals surface area (Å²) in [5, 5.41) is -0.398. The van der Waals surface area contributed by atoms with Crippen molar-refractivity contribution in [3.8, 4) is 5.69 Å². The van der Waals surface area contributed by atoms with Crippen LogP contribution in [0.5, 0.6) is 0 Å². The van der Waals surface area contributed by atoms with Crippen LogP contribution in [0.25, 0.3) is 49.3 Å². The second-order valence-electron chi connectivity index (χ2n) is 6.51. The number of hydrogen-bond acceptors (Lipinski definition) is 0. The first kappa shape index (κ1) is 7.14. The zero-order valence-electron chi connectivity index (χ0n) is 28.9. The molecule has 2 nitrogen and oxygen atoms in total. The smallest absolute Gasteiger partial charge is 0.0733 e. The van der Waals surface area contributed by atoms with E-state index in [1.165, 1.54) is 23.1 Å². The molecule has 0 aliphatic carbocycles. The molecule has 0 amide bonds. The van der Waals surface area contributed by atoms with Crippen LogP contribution in [0.2, 0.25) is 0 Å². The van der Waals surface area contributed by atoms with Gasteiger partial charge in [-0.15, -0.1) is 0 Å². The highest BCUT2D eigenvalue weighted by Gasteiger charge is 2.17. The first-order valence-corrected chi connectivity index (χ1v) is 8.57. The summed E-state index contributed by atoms with van der Waals surface area (Å²) < 4.78 is 123. The molecule has 0 spiro atoms. The molecule has 0 aliphatic heterocycles. The molecule has 0 saturated carbocycles. The minimum absolute atomic E-state index is 0.00433. The third-order valence-corrected chi connectivity index (χ3v) is 4.92. The van der Waals surface area contributed by atoms with Gasteiger partial charge in [0.25, 0.3) is 0 Å². The van der Waals surface area contributed by atoms with Gasteiger partial charge < -0.3 is 9.13 Å². The van der Waals surface area contributed by atoms with E-state index in [4.69, 9.17) is 19.2 Å². The molecule has 2 heterocycles. The van der Waals surface area contributed by atoms with Crippen molar-refractivity contribution in [2.75, 3.05) is 0 Å². The van der Waals surface area contributed by atoms with Crippen molar-refractivity contribution in [1.82, 2.24) is 9.13 Å². The van der Waals surface area contributed by atoms with Gasteiger partial charge in [-0.1, -0.05) is 60.4 Å². The van der Waals surface area contributed by atoms with Crippen molar-refractivity contribution in [2.24, 2.45) is 7.05 Å². The standard InChI is InChI=1S/C26H20N2/c1-17-14-15-20-18-8-4-6-12-23(18)28(25(20)16-17)24-13-7-10-21-19-9-3-5-11-22(19)27(2)26(21)24/h3-16H,1-2H3/i3D,4D,5D,6D,7D,8D,9D,10D,11D,12D,13D,14D,15D,16D. The monoisotopic (exact) mass is 374 g/mol. The largest absolute Gasteiger partial charge is 0.342 e. The van der Waals surface area contributed by atoms with E-state index >= 15 is 0 Å². The van der Waals surface area contributed by atoms with E-state index in [2.05, 4.69) is 0 Å².